The van der Waals surface area contributed by atoms with E-state index in [9.17, 15) is 13.2 Å². The topological polar surface area (TPSA) is 56.7 Å². The zero-order valence-electron chi connectivity index (χ0n) is 11.4. The first kappa shape index (κ1) is 14.5. The molecule has 0 bridgehead atoms. The molecule has 4 nitrogen and oxygen atoms in total. The van der Waals surface area contributed by atoms with Gasteiger partial charge in [0.2, 0.25) is 0 Å². The van der Waals surface area contributed by atoms with Crippen LogP contribution in [0.2, 0.25) is 0 Å². The molecular weight excluding hydrogens is 269 g/mol. The number of rotatable bonds is 2. The lowest BCUT2D eigenvalue weighted by atomic mass is 10.1. The van der Waals surface area contributed by atoms with E-state index in [4.69, 9.17) is 5.73 Å². The predicted octanol–water partition coefficient (Wildman–Crippen LogP) is 2.58. The van der Waals surface area contributed by atoms with Crippen LogP contribution in [0.1, 0.15) is 26.6 Å². The first-order valence-electron chi connectivity index (χ1n) is 6.05. The molecule has 108 valence electrons. The van der Waals surface area contributed by atoms with Gasteiger partial charge in [0, 0.05) is 11.1 Å². The van der Waals surface area contributed by atoms with Crippen molar-refractivity contribution in [2.45, 2.75) is 32.9 Å². The molecule has 7 heteroatoms. The summed E-state index contributed by atoms with van der Waals surface area (Å²) >= 11 is 0. The molecule has 0 aliphatic heterocycles. The van der Waals surface area contributed by atoms with E-state index < -0.39 is 23.0 Å². The molecule has 0 saturated carbocycles. The zero-order valence-corrected chi connectivity index (χ0v) is 11.4. The lowest BCUT2D eigenvalue weighted by molar-refractivity contribution is 0.386. The first-order chi connectivity index (χ1) is 9.25. The lowest BCUT2D eigenvalue weighted by Crippen LogP contribution is -2.26. The van der Waals surface area contributed by atoms with Gasteiger partial charge in [-0.2, -0.15) is 0 Å². The highest BCUT2D eigenvalue weighted by Crippen LogP contribution is 2.28. The molecule has 0 aliphatic carbocycles. The van der Waals surface area contributed by atoms with E-state index in [0.717, 1.165) is 12.1 Å². The number of hydrogen-bond donors (Lipinski definition) is 1. The summed E-state index contributed by atoms with van der Waals surface area (Å²) in [7, 11) is 0. The summed E-state index contributed by atoms with van der Waals surface area (Å²) in [6.45, 7) is 5.79. The Morgan fingerprint density at radius 3 is 2.10 bits per heavy atom. The second-order valence-corrected chi connectivity index (χ2v) is 5.40. The van der Waals surface area contributed by atoms with Gasteiger partial charge in [0.25, 0.3) is 0 Å². The fraction of sp³-hybridized carbons (Fsp3) is 0.385. The Hall–Kier alpha value is -1.89. The summed E-state index contributed by atoms with van der Waals surface area (Å²) in [5.41, 5.74) is 5.27. The summed E-state index contributed by atoms with van der Waals surface area (Å²) in [5, 5.41) is 7.82. The van der Waals surface area contributed by atoms with Gasteiger partial charge in [-0.1, -0.05) is 0 Å². The van der Waals surface area contributed by atoms with Crippen LogP contribution in [0.4, 0.5) is 13.2 Å². The van der Waals surface area contributed by atoms with Gasteiger partial charge in [-0.25, -0.2) is 13.2 Å². The zero-order chi connectivity index (χ0) is 15.1. The van der Waals surface area contributed by atoms with Crippen molar-refractivity contribution < 1.29 is 13.2 Å². The monoisotopic (exact) mass is 284 g/mol. The third kappa shape index (κ3) is 2.40. The molecule has 0 amide bonds. The van der Waals surface area contributed by atoms with Crippen LogP contribution in [0.15, 0.2) is 12.1 Å². The molecule has 0 fully saturated rings. The molecule has 0 spiro atoms. The number of halogens is 3. The van der Waals surface area contributed by atoms with Crippen LogP contribution in [-0.4, -0.2) is 14.8 Å². The number of nitrogens with zero attached hydrogens (tertiary/aromatic N) is 3. The Kier molecular flexibility index (Phi) is 3.56. The SMILES string of the molecule is CC(C)(C)n1c(CN)nnc1-c1cc(F)c(F)c(F)c1. The minimum Gasteiger partial charge on any atom is -0.324 e. The van der Waals surface area contributed by atoms with Crippen LogP contribution < -0.4 is 5.73 Å². The predicted molar refractivity (Wildman–Crippen MR) is 68.2 cm³/mol. The highest BCUT2D eigenvalue weighted by molar-refractivity contribution is 5.56. The van der Waals surface area contributed by atoms with Gasteiger partial charge in [0.1, 0.15) is 5.82 Å². The van der Waals surface area contributed by atoms with E-state index in [2.05, 4.69) is 10.2 Å². The second-order valence-electron chi connectivity index (χ2n) is 5.40. The summed E-state index contributed by atoms with van der Waals surface area (Å²) in [5.74, 6) is -3.31. The van der Waals surface area contributed by atoms with Crippen molar-refractivity contribution in [3.05, 3.63) is 35.4 Å². The molecule has 20 heavy (non-hydrogen) atoms. The lowest BCUT2D eigenvalue weighted by Gasteiger charge is -2.24. The Bertz CT molecular complexity index is 621. The first-order valence-corrected chi connectivity index (χ1v) is 6.05. The highest BCUT2D eigenvalue weighted by atomic mass is 19.2. The average Bonchev–Trinajstić information content (AvgIpc) is 2.79. The number of hydrogen-bond acceptors (Lipinski definition) is 3. The molecule has 1 aromatic carbocycles. The minimum atomic E-state index is -1.50. The van der Waals surface area contributed by atoms with E-state index in [1.54, 1.807) is 4.57 Å². The maximum Gasteiger partial charge on any atom is 0.194 e. The molecule has 0 atom stereocenters. The molecule has 0 saturated heterocycles. The van der Waals surface area contributed by atoms with E-state index in [-0.39, 0.29) is 17.9 Å². The third-order valence-corrected chi connectivity index (χ3v) is 2.83. The van der Waals surface area contributed by atoms with Gasteiger partial charge in [0.15, 0.2) is 23.3 Å². The Morgan fingerprint density at radius 1 is 1.10 bits per heavy atom. The Labute approximate surface area is 114 Å². The van der Waals surface area contributed by atoms with E-state index in [1.165, 1.54) is 0 Å². The van der Waals surface area contributed by atoms with Crippen LogP contribution in [0.5, 0.6) is 0 Å². The van der Waals surface area contributed by atoms with Gasteiger partial charge in [-0.05, 0) is 32.9 Å². The molecule has 1 heterocycles. The van der Waals surface area contributed by atoms with Gasteiger partial charge >= 0.3 is 0 Å². The average molecular weight is 284 g/mol. The fourth-order valence-electron chi connectivity index (χ4n) is 2.03. The van der Waals surface area contributed by atoms with Gasteiger partial charge in [0.05, 0.1) is 6.54 Å². The number of nitrogens with two attached hydrogens (primary N) is 1. The maximum atomic E-state index is 13.3. The molecule has 2 rings (SSSR count). The smallest absolute Gasteiger partial charge is 0.194 e. The van der Waals surface area contributed by atoms with E-state index in [0.29, 0.717) is 5.82 Å². The summed E-state index contributed by atoms with van der Waals surface area (Å²) in [6, 6.07) is 1.79. The van der Waals surface area contributed by atoms with Crippen molar-refractivity contribution in [2.24, 2.45) is 5.73 Å². The summed E-state index contributed by atoms with van der Waals surface area (Å²) in [4.78, 5) is 0. The molecule has 0 unspecified atom stereocenters. The van der Waals surface area contributed by atoms with E-state index in [1.807, 2.05) is 20.8 Å². The van der Waals surface area contributed by atoms with Crippen molar-refractivity contribution in [1.82, 2.24) is 14.8 Å². The number of benzene rings is 1. The molecule has 1 aromatic heterocycles. The van der Waals surface area contributed by atoms with Crippen LogP contribution in [0.25, 0.3) is 11.4 Å². The largest absolute Gasteiger partial charge is 0.324 e. The molecule has 2 aromatic rings. The van der Waals surface area contributed by atoms with Gasteiger partial charge < -0.3 is 10.3 Å². The van der Waals surface area contributed by atoms with Gasteiger partial charge in [-0.3, -0.25) is 0 Å². The van der Waals surface area contributed by atoms with Crippen molar-refractivity contribution in [1.29, 1.82) is 0 Å². The maximum absolute atomic E-state index is 13.3. The summed E-state index contributed by atoms with van der Waals surface area (Å²) in [6.07, 6.45) is 0. The quantitative estimate of drug-likeness (QED) is 0.862. The van der Waals surface area contributed by atoms with Crippen molar-refractivity contribution >= 4 is 0 Å². The van der Waals surface area contributed by atoms with Crippen molar-refractivity contribution in [2.75, 3.05) is 0 Å². The van der Waals surface area contributed by atoms with Crippen molar-refractivity contribution in [3.63, 3.8) is 0 Å². The summed E-state index contributed by atoms with van der Waals surface area (Å²) < 4.78 is 41.4. The van der Waals surface area contributed by atoms with E-state index >= 15 is 0 Å². The number of aromatic nitrogens is 3. The Balaban J connectivity index is 2.68. The molecular formula is C13H15F3N4. The van der Waals surface area contributed by atoms with Gasteiger partial charge in [-0.15, -0.1) is 10.2 Å². The normalized spacial score (nSPS) is 11.9. The van der Waals surface area contributed by atoms with Crippen LogP contribution >= 0.6 is 0 Å². The van der Waals surface area contributed by atoms with Crippen LogP contribution in [-0.2, 0) is 12.1 Å². The minimum absolute atomic E-state index is 0.114. The van der Waals surface area contributed by atoms with Crippen LogP contribution in [0.3, 0.4) is 0 Å². The standard InChI is InChI=1S/C13H15F3N4/c1-13(2,3)20-10(6-17)18-19-12(20)7-4-8(14)11(16)9(15)5-7/h4-5H,6,17H2,1-3H3. The van der Waals surface area contributed by atoms with Crippen LogP contribution in [0, 0.1) is 17.5 Å². The molecule has 0 radical (unpaired) electrons. The fourth-order valence-corrected chi connectivity index (χ4v) is 2.03. The third-order valence-electron chi connectivity index (χ3n) is 2.83. The molecule has 0 aliphatic rings. The van der Waals surface area contributed by atoms with Crippen molar-refractivity contribution in [3.8, 4) is 11.4 Å². The molecule has 2 N–H and O–H groups in total. The Morgan fingerprint density at radius 2 is 1.65 bits per heavy atom. The highest BCUT2D eigenvalue weighted by Gasteiger charge is 2.24. The second kappa shape index (κ2) is 4.90.